The maximum atomic E-state index is 11.7. The number of carbonyl (C=O) groups excluding carboxylic acids is 2. The van der Waals surface area contributed by atoms with E-state index in [1.54, 1.807) is 0 Å². The lowest BCUT2D eigenvalue weighted by Gasteiger charge is -2.62. The van der Waals surface area contributed by atoms with Gasteiger partial charge >= 0.3 is 11.9 Å². The molecule has 0 aromatic heterocycles. The first-order chi connectivity index (χ1) is 15.1. The van der Waals surface area contributed by atoms with Gasteiger partial charge in [0, 0.05) is 13.3 Å². The quantitative estimate of drug-likeness (QED) is 0.590. The van der Waals surface area contributed by atoms with Crippen molar-refractivity contribution in [1.29, 1.82) is 0 Å². The Morgan fingerprint density at radius 2 is 1.69 bits per heavy atom. The monoisotopic (exact) mass is 448 g/mol. The van der Waals surface area contributed by atoms with Crippen LogP contribution in [0.15, 0.2) is 0 Å². The zero-order valence-electron chi connectivity index (χ0n) is 20.8. The van der Waals surface area contributed by atoms with Crippen molar-refractivity contribution in [2.75, 3.05) is 7.11 Å². The molecule has 4 aliphatic carbocycles. The van der Waals surface area contributed by atoms with E-state index in [2.05, 4.69) is 20.8 Å². The Morgan fingerprint density at radius 3 is 2.38 bits per heavy atom. The van der Waals surface area contributed by atoms with Crippen LogP contribution in [0.5, 0.6) is 0 Å². The summed E-state index contributed by atoms with van der Waals surface area (Å²) in [6.45, 7) is 8.76. The van der Waals surface area contributed by atoms with Crippen molar-refractivity contribution in [2.24, 2.45) is 46.3 Å². The number of hydrogen-bond acceptors (Lipinski definition) is 5. The standard InChI is InChI=1S/C27H44O5/c1-16(6-9-25(30)31-5)20-7-8-21-19-15-24(29)23-14-18(32-17(2)28)10-12-27(23,4)22(19)11-13-26(20,21)3/h16,18-24,29H,6-15H2,1-5H3/t16-,18+,19+,20-,21+,22+,23?,24-,26-,27-/m1/s1. The molecule has 10 atom stereocenters. The second-order valence-corrected chi connectivity index (χ2v) is 12.1. The van der Waals surface area contributed by atoms with Crippen molar-refractivity contribution in [3.05, 3.63) is 0 Å². The van der Waals surface area contributed by atoms with Crippen LogP contribution in [0, 0.1) is 46.3 Å². The number of aliphatic hydroxyl groups excluding tert-OH is 1. The molecule has 0 aromatic carbocycles. The summed E-state index contributed by atoms with van der Waals surface area (Å²) in [7, 11) is 1.48. The average Bonchev–Trinajstić information content (AvgIpc) is 3.10. The lowest BCUT2D eigenvalue weighted by molar-refractivity contribution is -0.182. The van der Waals surface area contributed by atoms with Gasteiger partial charge in [-0.3, -0.25) is 9.59 Å². The lowest BCUT2D eigenvalue weighted by atomic mass is 9.43. The largest absolute Gasteiger partial charge is 0.469 e. The number of rotatable bonds is 5. The van der Waals surface area contributed by atoms with Gasteiger partial charge in [-0.05, 0) is 104 Å². The molecular formula is C27H44O5. The van der Waals surface area contributed by atoms with Gasteiger partial charge in [-0.25, -0.2) is 0 Å². The SMILES string of the molecule is COC(=O)CC[C@@H](C)[C@H]1CC[C@H]2[C@@H]3C[C@@H](O)C4C[C@@H](OC(C)=O)CC[C@]4(C)[C@H]3CC[C@]12C. The zero-order chi connectivity index (χ0) is 23.3. The molecular weight excluding hydrogens is 404 g/mol. The van der Waals surface area contributed by atoms with Crippen LogP contribution in [-0.4, -0.2) is 36.4 Å². The highest BCUT2D eigenvalue weighted by atomic mass is 16.5. The van der Waals surface area contributed by atoms with Crippen LogP contribution in [0.4, 0.5) is 0 Å². The molecule has 0 radical (unpaired) electrons. The van der Waals surface area contributed by atoms with Gasteiger partial charge in [0.25, 0.3) is 0 Å². The average molecular weight is 449 g/mol. The minimum Gasteiger partial charge on any atom is -0.469 e. The third kappa shape index (κ3) is 4.01. The van der Waals surface area contributed by atoms with Gasteiger partial charge in [0.1, 0.15) is 6.10 Å². The predicted octanol–water partition coefficient (Wildman–Crippen LogP) is 5.14. The second-order valence-electron chi connectivity index (χ2n) is 12.1. The number of hydrogen-bond donors (Lipinski definition) is 1. The summed E-state index contributed by atoms with van der Waals surface area (Å²) in [5, 5.41) is 11.3. The van der Waals surface area contributed by atoms with E-state index in [1.165, 1.54) is 39.7 Å². The summed E-state index contributed by atoms with van der Waals surface area (Å²) in [6, 6.07) is 0. The molecule has 4 saturated carbocycles. The molecule has 0 aliphatic heterocycles. The number of ether oxygens (including phenoxy) is 2. The van der Waals surface area contributed by atoms with Crippen molar-refractivity contribution in [3.8, 4) is 0 Å². The first-order valence-electron chi connectivity index (χ1n) is 13.0. The zero-order valence-corrected chi connectivity index (χ0v) is 20.8. The summed E-state index contributed by atoms with van der Waals surface area (Å²) in [5.74, 6) is 3.04. The Morgan fingerprint density at radius 1 is 1.00 bits per heavy atom. The van der Waals surface area contributed by atoms with Gasteiger partial charge in [0.05, 0.1) is 13.2 Å². The van der Waals surface area contributed by atoms with E-state index in [0.717, 1.165) is 32.1 Å². The van der Waals surface area contributed by atoms with E-state index < -0.39 is 0 Å². The highest BCUT2D eigenvalue weighted by molar-refractivity contribution is 5.69. The molecule has 0 bridgehead atoms. The van der Waals surface area contributed by atoms with Gasteiger partial charge in [0.2, 0.25) is 0 Å². The van der Waals surface area contributed by atoms with Gasteiger partial charge in [-0.1, -0.05) is 20.8 Å². The van der Waals surface area contributed by atoms with E-state index in [0.29, 0.717) is 41.4 Å². The molecule has 0 saturated heterocycles. The van der Waals surface area contributed by atoms with Crippen LogP contribution in [0.25, 0.3) is 0 Å². The van der Waals surface area contributed by atoms with Crippen molar-refractivity contribution in [2.45, 2.75) is 104 Å². The lowest BCUT2D eigenvalue weighted by Crippen LogP contribution is -2.58. The molecule has 0 heterocycles. The fourth-order valence-corrected chi connectivity index (χ4v) is 9.23. The maximum absolute atomic E-state index is 11.7. The molecule has 32 heavy (non-hydrogen) atoms. The normalized spacial score (nSPS) is 46.4. The minimum absolute atomic E-state index is 0.0304. The Kier molecular flexibility index (Phi) is 6.70. The van der Waals surface area contributed by atoms with Crippen LogP contribution in [-0.2, 0) is 19.1 Å². The van der Waals surface area contributed by atoms with Crippen LogP contribution >= 0.6 is 0 Å². The van der Waals surface area contributed by atoms with Gasteiger partial charge < -0.3 is 14.6 Å². The summed E-state index contributed by atoms with van der Waals surface area (Å²) in [5.41, 5.74) is 0.462. The number of carbonyl (C=O) groups is 2. The topological polar surface area (TPSA) is 72.8 Å². The van der Waals surface area contributed by atoms with Crippen molar-refractivity contribution in [3.63, 3.8) is 0 Å². The molecule has 5 nitrogen and oxygen atoms in total. The first-order valence-corrected chi connectivity index (χ1v) is 13.0. The molecule has 182 valence electrons. The smallest absolute Gasteiger partial charge is 0.305 e. The van der Waals surface area contributed by atoms with Crippen LogP contribution in [0.3, 0.4) is 0 Å². The molecule has 4 rings (SSSR count). The minimum atomic E-state index is -0.294. The van der Waals surface area contributed by atoms with Gasteiger partial charge in [0.15, 0.2) is 0 Å². The molecule has 1 unspecified atom stereocenters. The fraction of sp³-hybridized carbons (Fsp3) is 0.926. The van der Waals surface area contributed by atoms with Crippen LogP contribution < -0.4 is 0 Å². The van der Waals surface area contributed by atoms with Crippen molar-refractivity contribution < 1.29 is 24.2 Å². The van der Waals surface area contributed by atoms with E-state index in [4.69, 9.17) is 9.47 Å². The number of aliphatic hydroxyl groups is 1. The number of fused-ring (bicyclic) bond motifs is 5. The first kappa shape index (κ1) is 24.0. The summed E-state index contributed by atoms with van der Waals surface area (Å²) < 4.78 is 10.4. The summed E-state index contributed by atoms with van der Waals surface area (Å²) in [4.78, 5) is 23.2. The van der Waals surface area contributed by atoms with E-state index >= 15 is 0 Å². The number of esters is 2. The predicted molar refractivity (Wildman–Crippen MR) is 123 cm³/mol. The van der Waals surface area contributed by atoms with E-state index in [1.807, 2.05) is 0 Å². The van der Waals surface area contributed by atoms with Crippen molar-refractivity contribution in [1.82, 2.24) is 0 Å². The van der Waals surface area contributed by atoms with Crippen LogP contribution in [0.2, 0.25) is 0 Å². The Labute approximate surface area is 194 Å². The third-order valence-electron chi connectivity index (χ3n) is 10.8. The van der Waals surface area contributed by atoms with E-state index in [-0.39, 0.29) is 35.5 Å². The third-order valence-corrected chi connectivity index (χ3v) is 10.8. The molecule has 5 heteroatoms. The molecule has 0 spiro atoms. The Hall–Kier alpha value is -1.10. The highest BCUT2D eigenvalue weighted by Gasteiger charge is 2.62. The van der Waals surface area contributed by atoms with Crippen LogP contribution in [0.1, 0.15) is 91.9 Å². The maximum Gasteiger partial charge on any atom is 0.305 e. The Bertz CT molecular complexity index is 721. The Balaban J connectivity index is 1.49. The van der Waals surface area contributed by atoms with E-state index in [9.17, 15) is 14.7 Å². The van der Waals surface area contributed by atoms with Crippen molar-refractivity contribution >= 4 is 11.9 Å². The molecule has 1 N–H and O–H groups in total. The molecule has 4 fully saturated rings. The molecule has 0 aromatic rings. The highest BCUT2D eigenvalue weighted by Crippen LogP contribution is 2.68. The number of methoxy groups -OCH3 is 1. The summed E-state index contributed by atoms with van der Waals surface area (Å²) in [6.07, 6.45) is 9.82. The van der Waals surface area contributed by atoms with Gasteiger partial charge in [-0.2, -0.15) is 0 Å². The summed E-state index contributed by atoms with van der Waals surface area (Å²) >= 11 is 0. The fourth-order valence-electron chi connectivity index (χ4n) is 9.23. The molecule has 4 aliphatic rings. The molecule has 0 amide bonds. The van der Waals surface area contributed by atoms with Gasteiger partial charge in [-0.15, -0.1) is 0 Å². The second kappa shape index (κ2) is 8.92.